The minimum absolute atomic E-state index is 0.127. The number of ether oxygens (including phenoxy) is 1. The minimum atomic E-state index is -0.735. The van der Waals surface area contributed by atoms with E-state index in [-0.39, 0.29) is 16.4 Å². The van der Waals surface area contributed by atoms with Crippen LogP contribution in [0, 0.1) is 11.6 Å². The molecule has 0 bridgehead atoms. The number of thioether (sulfide) groups is 1. The van der Waals surface area contributed by atoms with Crippen molar-refractivity contribution in [3.8, 4) is 5.75 Å². The molecule has 1 fully saturated rings. The quantitative estimate of drug-likeness (QED) is 0.598. The summed E-state index contributed by atoms with van der Waals surface area (Å²) >= 11 is 6.32. The van der Waals surface area contributed by atoms with Gasteiger partial charge in [-0.15, -0.1) is 0 Å². The van der Waals surface area contributed by atoms with E-state index in [1.807, 2.05) is 0 Å². The van der Waals surface area contributed by atoms with Gasteiger partial charge in [-0.05, 0) is 30.3 Å². The van der Waals surface area contributed by atoms with Crippen molar-refractivity contribution in [1.82, 2.24) is 0 Å². The lowest BCUT2D eigenvalue weighted by Gasteiger charge is -2.15. The molecule has 1 heterocycles. The molecule has 0 aromatic heterocycles. The number of hydrogen-bond donors (Lipinski definition) is 0. The van der Waals surface area contributed by atoms with Crippen molar-refractivity contribution in [1.29, 1.82) is 0 Å². The molecule has 3 nitrogen and oxygen atoms in total. The summed E-state index contributed by atoms with van der Waals surface area (Å²) in [6.07, 6.45) is 1.37. The molecule has 2 aromatic rings. The van der Waals surface area contributed by atoms with Crippen molar-refractivity contribution in [2.45, 2.75) is 0 Å². The van der Waals surface area contributed by atoms with E-state index in [0.29, 0.717) is 15.8 Å². The van der Waals surface area contributed by atoms with Crippen LogP contribution < -0.4 is 9.64 Å². The highest BCUT2D eigenvalue weighted by Gasteiger charge is 2.33. The van der Waals surface area contributed by atoms with Crippen molar-refractivity contribution in [3.05, 3.63) is 64.6 Å². The van der Waals surface area contributed by atoms with Gasteiger partial charge in [0.25, 0.3) is 5.91 Å². The largest absolute Gasteiger partial charge is 0.497 e. The second-order valence-corrected chi connectivity index (χ2v) is 6.56. The Balaban J connectivity index is 1.95. The first-order valence-electron chi connectivity index (χ1n) is 6.86. The van der Waals surface area contributed by atoms with Crippen LogP contribution >= 0.6 is 24.0 Å². The van der Waals surface area contributed by atoms with E-state index in [0.717, 1.165) is 23.9 Å². The smallest absolute Gasteiger partial charge is 0.270 e. The van der Waals surface area contributed by atoms with Crippen LogP contribution in [0.4, 0.5) is 14.5 Å². The first-order valence-corrected chi connectivity index (χ1v) is 8.09. The summed E-state index contributed by atoms with van der Waals surface area (Å²) < 4.78 is 32.2. The fourth-order valence-corrected chi connectivity index (χ4v) is 3.49. The van der Waals surface area contributed by atoms with Crippen LogP contribution in [0.3, 0.4) is 0 Å². The summed E-state index contributed by atoms with van der Waals surface area (Å²) in [6, 6.07) is 10.1. The highest BCUT2D eigenvalue weighted by Crippen LogP contribution is 2.37. The van der Waals surface area contributed by atoms with Crippen molar-refractivity contribution in [3.63, 3.8) is 0 Å². The van der Waals surface area contributed by atoms with E-state index in [1.54, 1.807) is 24.3 Å². The zero-order valence-corrected chi connectivity index (χ0v) is 14.1. The molecule has 0 saturated carbocycles. The Hall–Kier alpha value is -2.25. The summed E-state index contributed by atoms with van der Waals surface area (Å²) in [5.41, 5.74) is 0.697. The van der Waals surface area contributed by atoms with Crippen LogP contribution in [-0.2, 0) is 4.79 Å². The molecular weight excluding hydrogens is 352 g/mol. The molecule has 24 heavy (non-hydrogen) atoms. The molecule has 0 unspecified atom stereocenters. The van der Waals surface area contributed by atoms with Gasteiger partial charge in [0.05, 0.1) is 17.7 Å². The van der Waals surface area contributed by atoms with Crippen molar-refractivity contribution in [2.75, 3.05) is 12.0 Å². The third-order valence-corrected chi connectivity index (χ3v) is 4.66. The fraction of sp³-hybridized carbons (Fsp3) is 0.0588. The third kappa shape index (κ3) is 3.18. The molecule has 0 aliphatic carbocycles. The van der Waals surface area contributed by atoms with E-state index in [4.69, 9.17) is 17.0 Å². The normalized spacial score (nSPS) is 16.1. The van der Waals surface area contributed by atoms with Crippen LogP contribution in [0.2, 0.25) is 0 Å². The second kappa shape index (κ2) is 6.70. The monoisotopic (exact) mass is 363 g/mol. The van der Waals surface area contributed by atoms with Crippen LogP contribution in [0.1, 0.15) is 5.56 Å². The van der Waals surface area contributed by atoms with Gasteiger partial charge in [0, 0.05) is 17.7 Å². The molecule has 7 heteroatoms. The lowest BCUT2D eigenvalue weighted by molar-refractivity contribution is -0.113. The third-order valence-electron chi connectivity index (χ3n) is 3.35. The van der Waals surface area contributed by atoms with E-state index in [9.17, 15) is 13.6 Å². The topological polar surface area (TPSA) is 29.5 Å². The van der Waals surface area contributed by atoms with Gasteiger partial charge in [0.1, 0.15) is 17.4 Å². The molecule has 122 valence electrons. The van der Waals surface area contributed by atoms with Crippen molar-refractivity contribution in [2.24, 2.45) is 0 Å². The molecule has 0 N–H and O–H groups in total. The Labute approximate surface area is 146 Å². The SMILES string of the molecule is COc1cccc(N2C(=O)/C(=C\c3ccc(F)cc3F)SC2=S)c1. The van der Waals surface area contributed by atoms with E-state index in [1.165, 1.54) is 24.2 Å². The van der Waals surface area contributed by atoms with Crippen molar-refractivity contribution >= 4 is 46.0 Å². The molecule has 0 radical (unpaired) electrons. The van der Waals surface area contributed by atoms with Gasteiger partial charge >= 0.3 is 0 Å². The van der Waals surface area contributed by atoms with E-state index < -0.39 is 11.6 Å². The predicted molar refractivity (Wildman–Crippen MR) is 95.0 cm³/mol. The molecule has 0 spiro atoms. The number of benzene rings is 2. The van der Waals surface area contributed by atoms with Crippen LogP contribution in [-0.4, -0.2) is 17.3 Å². The van der Waals surface area contributed by atoms with E-state index in [2.05, 4.69) is 0 Å². The molecule has 3 rings (SSSR count). The number of halogens is 2. The second-order valence-electron chi connectivity index (χ2n) is 4.88. The van der Waals surface area contributed by atoms with Gasteiger partial charge < -0.3 is 4.74 Å². The Kier molecular flexibility index (Phi) is 4.64. The number of nitrogens with zero attached hydrogens (tertiary/aromatic N) is 1. The highest BCUT2D eigenvalue weighted by atomic mass is 32.2. The molecule has 1 aliphatic rings. The molecule has 1 aliphatic heterocycles. The van der Waals surface area contributed by atoms with Gasteiger partial charge in [-0.2, -0.15) is 0 Å². The summed E-state index contributed by atoms with van der Waals surface area (Å²) in [6.45, 7) is 0. The number of carbonyl (C=O) groups excluding carboxylic acids is 1. The lowest BCUT2D eigenvalue weighted by Crippen LogP contribution is -2.27. The summed E-state index contributed by atoms with van der Waals surface area (Å²) in [5.74, 6) is -1.17. The number of rotatable bonds is 3. The zero-order valence-electron chi connectivity index (χ0n) is 12.5. The Morgan fingerprint density at radius 1 is 1.21 bits per heavy atom. The number of thiocarbonyl (C=S) groups is 1. The lowest BCUT2D eigenvalue weighted by atomic mass is 10.2. The van der Waals surface area contributed by atoms with Gasteiger partial charge in [0.2, 0.25) is 0 Å². The summed E-state index contributed by atoms with van der Waals surface area (Å²) in [4.78, 5) is 14.2. The van der Waals surface area contributed by atoms with Crippen LogP contribution in [0.5, 0.6) is 5.75 Å². The number of carbonyl (C=O) groups is 1. The molecule has 1 amide bonds. The standard InChI is InChI=1S/C17H11F2NO2S2/c1-22-13-4-2-3-12(9-13)20-16(21)15(24-17(20)23)7-10-5-6-11(18)8-14(10)19/h2-9H,1H3/b15-7+. The molecule has 2 aromatic carbocycles. The van der Waals surface area contributed by atoms with Crippen LogP contribution in [0.25, 0.3) is 6.08 Å². The van der Waals surface area contributed by atoms with Gasteiger partial charge in [0.15, 0.2) is 4.32 Å². The van der Waals surface area contributed by atoms with Crippen molar-refractivity contribution < 1.29 is 18.3 Å². The molecule has 0 atom stereocenters. The highest BCUT2D eigenvalue weighted by molar-refractivity contribution is 8.27. The Morgan fingerprint density at radius 2 is 2.00 bits per heavy atom. The average molecular weight is 363 g/mol. The number of hydrogen-bond acceptors (Lipinski definition) is 4. The number of methoxy groups -OCH3 is 1. The molecular formula is C17H11F2NO2S2. The van der Waals surface area contributed by atoms with E-state index >= 15 is 0 Å². The molecule has 1 saturated heterocycles. The maximum atomic E-state index is 13.8. The summed E-state index contributed by atoms with van der Waals surface area (Å²) in [7, 11) is 1.53. The average Bonchev–Trinajstić information content (AvgIpc) is 2.84. The zero-order chi connectivity index (χ0) is 17.3. The van der Waals surface area contributed by atoms with Gasteiger partial charge in [-0.3, -0.25) is 9.69 Å². The van der Waals surface area contributed by atoms with Crippen LogP contribution in [0.15, 0.2) is 47.4 Å². The van der Waals surface area contributed by atoms with Gasteiger partial charge in [-0.25, -0.2) is 8.78 Å². The maximum Gasteiger partial charge on any atom is 0.270 e. The minimum Gasteiger partial charge on any atom is -0.497 e. The first-order chi connectivity index (χ1) is 11.5. The van der Waals surface area contributed by atoms with Gasteiger partial charge in [-0.1, -0.05) is 30.0 Å². The Bertz CT molecular complexity index is 867. The predicted octanol–water partition coefficient (Wildman–Crippen LogP) is 4.38. The summed E-state index contributed by atoms with van der Waals surface area (Å²) in [5, 5.41) is 0. The fourth-order valence-electron chi connectivity index (χ4n) is 2.20. The first kappa shape index (κ1) is 16.6. The number of anilines is 1. The Morgan fingerprint density at radius 3 is 2.71 bits per heavy atom. The number of amides is 1. The maximum absolute atomic E-state index is 13.8.